The number of fused-ring (bicyclic) bond motifs is 10. The second-order valence-electron chi connectivity index (χ2n) is 30.9. The molecule has 13 heterocycles. The van der Waals surface area contributed by atoms with Gasteiger partial charge in [0.2, 0.25) is 11.9 Å². The smallest absolute Gasteiger partial charge is 0.410 e. The highest BCUT2D eigenvalue weighted by atomic mass is 35.5. The Balaban J connectivity index is 0.000000141. The summed E-state index contributed by atoms with van der Waals surface area (Å²) in [6, 6.07) is 35.8. The molecule has 5 fully saturated rings. The highest BCUT2D eigenvalue weighted by Crippen LogP contribution is 2.46. The molecule has 612 valence electrons. The molecule has 118 heavy (non-hydrogen) atoms. The fourth-order valence-corrected chi connectivity index (χ4v) is 17.2. The minimum atomic E-state index is -3.68. The van der Waals surface area contributed by atoms with Crippen LogP contribution in [0.5, 0.6) is 0 Å². The number of aromatic amines is 4. The molecule has 2 amide bonds. The highest BCUT2D eigenvalue weighted by Gasteiger charge is 2.35. The van der Waals surface area contributed by atoms with E-state index in [1.807, 2.05) is 114 Å². The van der Waals surface area contributed by atoms with E-state index in [-0.39, 0.29) is 38.0 Å². The summed E-state index contributed by atoms with van der Waals surface area (Å²) in [7, 11) is -3.68. The number of thiophene rings is 1. The average Bonchev–Trinajstić information content (AvgIpc) is 1.67. The Morgan fingerprint density at radius 1 is 0.653 bits per heavy atom. The van der Waals surface area contributed by atoms with E-state index >= 15 is 0 Å². The van der Waals surface area contributed by atoms with E-state index in [0.29, 0.717) is 119 Å². The van der Waals surface area contributed by atoms with Gasteiger partial charge < -0.3 is 50.9 Å². The molecule has 11 N–H and O–H groups in total. The number of H-pyrrole nitrogens is 4. The highest BCUT2D eigenvalue weighted by molar-refractivity contribution is 7.91. The molecule has 3 atom stereocenters. The molecule has 0 radical (unpaired) electrons. The SMILES string of the molecule is C#Cc1cnc(N2CCCN(C(C)=O)CC2)nc1Nc1cc(C2CC2)[nH]n1.CC(C)(C)NS(=O)(=O)c1ccc(-c2ncc(Cl)c(Nc3cc(C4CCN(C(=O)OCc5ccccc5)C4)[nH]n3)n2)s1.OC1/C=C\c2c(n[nH]c2C2CC2)Nc2ccnc(n2)-c2ccccc21.OC1CCc2c(n[nH]c2C2CC2)Nc2ccnc(n2)-c2ccccc21.[HH].[HH].[HH]. The first-order valence-electron chi connectivity index (χ1n) is 39.4. The summed E-state index contributed by atoms with van der Waals surface area (Å²) >= 11 is 7.43. The van der Waals surface area contributed by atoms with Crippen molar-refractivity contribution in [1.29, 1.82) is 0 Å². The number of sulfonamides is 1. The van der Waals surface area contributed by atoms with E-state index in [9.17, 15) is 28.2 Å². The normalized spacial score (nSPS) is 17.7. The lowest BCUT2D eigenvalue weighted by molar-refractivity contribution is -0.128. The van der Waals surface area contributed by atoms with Crippen LogP contribution in [-0.2, 0) is 32.6 Å². The van der Waals surface area contributed by atoms with Crippen LogP contribution in [0, 0.1) is 12.3 Å². The minimum Gasteiger partial charge on any atom is -0.445 e. The van der Waals surface area contributed by atoms with Crippen LogP contribution < -0.4 is 30.9 Å². The van der Waals surface area contributed by atoms with E-state index in [1.165, 1.54) is 62.0 Å². The van der Waals surface area contributed by atoms with E-state index in [4.69, 9.17) is 22.8 Å². The van der Waals surface area contributed by atoms with Crippen molar-refractivity contribution in [3.8, 4) is 45.8 Å². The van der Waals surface area contributed by atoms with Gasteiger partial charge in [-0.1, -0.05) is 109 Å². The van der Waals surface area contributed by atoms with E-state index in [0.717, 1.165) is 106 Å². The summed E-state index contributed by atoms with van der Waals surface area (Å²) in [5.41, 5.74) is 10.8. The summed E-state index contributed by atoms with van der Waals surface area (Å²) in [6.07, 6.45) is 24.5. The summed E-state index contributed by atoms with van der Waals surface area (Å²) in [5.74, 6) is 11.7. The van der Waals surface area contributed by atoms with Crippen molar-refractivity contribution in [3.63, 3.8) is 0 Å². The number of nitrogens with one attached hydrogen (secondary N) is 9. The molecule has 3 saturated carbocycles. The van der Waals surface area contributed by atoms with Crippen molar-refractivity contribution in [1.82, 2.24) is 95.2 Å². The first-order chi connectivity index (χ1) is 57.2. The summed E-state index contributed by atoms with van der Waals surface area (Å²) < 4.78 is 33.7. The monoisotopic (exact) mass is 1650 g/mol. The van der Waals surface area contributed by atoms with Gasteiger partial charge in [-0.25, -0.2) is 52.8 Å². The van der Waals surface area contributed by atoms with Crippen LogP contribution in [0.2, 0.25) is 5.02 Å². The fourth-order valence-electron chi connectivity index (χ4n) is 14.4. The van der Waals surface area contributed by atoms with Crippen molar-refractivity contribution in [2.45, 2.75) is 144 Å². The molecular weight excluding hydrogens is 1560 g/mol. The Morgan fingerprint density at radius 3 is 1.99 bits per heavy atom. The first kappa shape index (κ1) is 79.5. The minimum absolute atomic E-state index is 0. The number of benzene rings is 3. The number of rotatable bonds is 14. The third-order valence-electron chi connectivity index (χ3n) is 20.9. The van der Waals surface area contributed by atoms with E-state index in [2.05, 4.69) is 117 Å². The molecule has 7 aliphatic rings. The van der Waals surface area contributed by atoms with Crippen LogP contribution in [0.25, 0.3) is 39.6 Å². The third kappa shape index (κ3) is 19.2. The molecule has 34 heteroatoms. The van der Waals surface area contributed by atoms with Crippen molar-refractivity contribution in [2.24, 2.45) is 0 Å². The number of anilines is 9. The number of aromatic nitrogens is 16. The standard InChI is InChI=1S/C27H30ClN7O4S2.C19H23N7O.C19H19N5O.C19H17N5O.3H2/c1-27(2,3)34-41(37,38)23-10-9-21(40-23)25-29-14-19(28)24(31-25)30-22-13-20(32-33-22)18-11-12-35(15-18)26(36)39-16-17-7-5-4-6-8-17;1-3-14-12-20-19(26-8-4-7-25(9-10-26)13(2)27)22-18(14)21-17-11-16(23-24-17)15-5-6-15;2*25-15-8-7-14-17(11-5-6-11)23-24-19(14)22-16-9-10-20-18(21-16)13-4-2-1-3-12(13)15;;;/h4-10,13-14,18,34H,11-12,15-16H2,1-3H3,(H2,29,30,31,32,33);1,11-12,15H,4-10H2,2H3,(H2,20,21,22,23,24);1-4,9-11,15,25H,5-8H2,(H2,20,21,22,23,24);1-4,7-11,15,25H,5-6H2,(H2,20,21,22,23,24);3*1H/b;;;8-7-;;;. The number of hydrogen-bond acceptors (Lipinski definition) is 25. The number of terminal acetylenes is 1. The summed E-state index contributed by atoms with van der Waals surface area (Å²) in [4.78, 5) is 66.3. The summed E-state index contributed by atoms with van der Waals surface area (Å²) in [6.45, 7) is 11.2. The molecule has 12 aromatic rings. The Hall–Kier alpha value is -12.3. The van der Waals surface area contributed by atoms with Crippen molar-refractivity contribution >= 4 is 104 Å². The van der Waals surface area contributed by atoms with Gasteiger partial charge in [-0.2, -0.15) is 25.4 Å². The summed E-state index contributed by atoms with van der Waals surface area (Å²) in [5, 5.41) is 64.8. The Kier molecular flexibility index (Phi) is 23.5. The van der Waals surface area contributed by atoms with Crippen molar-refractivity contribution < 1.29 is 37.2 Å². The topological polar surface area (TPSA) is 406 Å². The first-order valence-corrected chi connectivity index (χ1v) is 42.1. The van der Waals surface area contributed by atoms with Gasteiger partial charge in [0.15, 0.2) is 52.4 Å². The average molecular weight is 1650 g/mol. The molecule has 4 bridgehead atoms. The van der Waals surface area contributed by atoms with Crippen molar-refractivity contribution in [3.05, 3.63) is 207 Å². The number of likely N-dealkylation sites (tertiary alicyclic amines) is 1. The number of amides is 2. The van der Waals surface area contributed by atoms with Crippen LogP contribution in [0.1, 0.15) is 182 Å². The molecule has 3 aromatic carbocycles. The molecule has 3 unspecified atom stereocenters. The fraction of sp³-hybridized carbons (Fsp3) is 0.333. The Labute approximate surface area is 694 Å². The number of aliphatic hydroxyl groups is 2. The zero-order valence-electron chi connectivity index (χ0n) is 65.3. The molecule has 9 aromatic heterocycles. The van der Waals surface area contributed by atoms with Gasteiger partial charge in [0.1, 0.15) is 27.5 Å². The van der Waals surface area contributed by atoms with Crippen LogP contribution in [0.3, 0.4) is 0 Å². The van der Waals surface area contributed by atoms with Crippen LogP contribution in [0.15, 0.2) is 150 Å². The lowest BCUT2D eigenvalue weighted by Gasteiger charge is -2.21. The second kappa shape index (κ2) is 34.9. The van der Waals surface area contributed by atoms with Gasteiger partial charge in [-0.15, -0.1) is 17.8 Å². The molecule has 31 nitrogen and oxygen atoms in total. The number of nitrogens with zero attached hydrogens (tertiary/aromatic N) is 15. The molecule has 3 aliphatic carbocycles. The van der Waals surface area contributed by atoms with Crippen LogP contribution in [-0.4, -0.2) is 166 Å². The Bertz CT molecular complexity index is 5830. The number of carbonyl (C=O) groups is 2. The number of carbonyl (C=O) groups excluding carboxylic acids is 2. The van der Waals surface area contributed by atoms with Gasteiger partial charge in [0.05, 0.1) is 35.0 Å². The van der Waals surface area contributed by atoms with Crippen LogP contribution >= 0.6 is 22.9 Å². The maximum Gasteiger partial charge on any atom is 0.410 e. The molecule has 19 rings (SSSR count). The number of hydrogen-bond donors (Lipinski definition) is 11. The lowest BCUT2D eigenvalue weighted by Crippen LogP contribution is -2.40. The number of halogens is 1. The zero-order chi connectivity index (χ0) is 81.6. The number of aliphatic hydroxyl groups excluding tert-OH is 2. The zero-order valence-corrected chi connectivity index (χ0v) is 67.7. The van der Waals surface area contributed by atoms with Gasteiger partial charge >= 0.3 is 6.09 Å². The second-order valence-corrected chi connectivity index (χ2v) is 34.3. The Morgan fingerprint density at radius 2 is 1.30 bits per heavy atom. The number of ether oxygens (including phenoxy) is 1. The maximum absolute atomic E-state index is 12.7. The van der Waals surface area contributed by atoms with Crippen LogP contribution in [0.4, 0.5) is 57.3 Å². The van der Waals surface area contributed by atoms with E-state index in [1.54, 1.807) is 63.3 Å². The van der Waals surface area contributed by atoms with Gasteiger partial charge in [-0.05, 0) is 126 Å². The van der Waals surface area contributed by atoms with Gasteiger partial charge in [0, 0.05) is 149 Å². The van der Waals surface area contributed by atoms with Gasteiger partial charge in [0.25, 0.3) is 10.0 Å². The largest absolute Gasteiger partial charge is 0.445 e. The molecule has 4 aliphatic heterocycles. The lowest BCUT2D eigenvalue weighted by atomic mass is 9.96. The molecule has 2 saturated heterocycles. The van der Waals surface area contributed by atoms with Crippen molar-refractivity contribution in [2.75, 3.05) is 65.4 Å². The molecule has 0 spiro atoms. The maximum atomic E-state index is 12.7. The third-order valence-corrected chi connectivity index (χ3v) is 24.5. The quantitative estimate of drug-likeness (QED) is 0.0450. The van der Waals surface area contributed by atoms with E-state index < -0.39 is 27.8 Å². The predicted molar refractivity (Wildman–Crippen MR) is 457 cm³/mol. The predicted octanol–water partition coefficient (Wildman–Crippen LogP) is 15.1. The van der Waals surface area contributed by atoms with Gasteiger partial charge in [-0.3, -0.25) is 25.2 Å². The molecular formula is C84H95ClN24O7S2.